The van der Waals surface area contributed by atoms with Gasteiger partial charge in [-0.15, -0.1) is 0 Å². The first-order valence-corrected chi connectivity index (χ1v) is 9.37. The Labute approximate surface area is 157 Å². The summed E-state index contributed by atoms with van der Waals surface area (Å²) < 4.78 is 5.40. The number of likely N-dealkylation sites (tertiary alicyclic amines) is 1. The van der Waals surface area contributed by atoms with Crippen LogP contribution < -0.4 is 0 Å². The van der Waals surface area contributed by atoms with Crippen molar-refractivity contribution in [1.29, 1.82) is 0 Å². The summed E-state index contributed by atoms with van der Waals surface area (Å²) in [5.41, 5.74) is 2.63. The molecule has 0 unspecified atom stereocenters. The van der Waals surface area contributed by atoms with Gasteiger partial charge >= 0.3 is 6.09 Å². The van der Waals surface area contributed by atoms with Crippen LogP contribution in [0.25, 0.3) is 0 Å². The van der Waals surface area contributed by atoms with Gasteiger partial charge in [0.1, 0.15) is 5.60 Å². The number of ether oxygens (including phenoxy) is 1. The summed E-state index contributed by atoms with van der Waals surface area (Å²) in [6, 6.07) is 5.89. The predicted octanol–water partition coefficient (Wildman–Crippen LogP) is 4.02. The molecular formula is C21H32N2O3. The van der Waals surface area contributed by atoms with Gasteiger partial charge in [0.2, 0.25) is 0 Å². The number of rotatable bonds is 3. The Hall–Kier alpha value is -2.04. The lowest BCUT2D eigenvalue weighted by molar-refractivity contribution is 0.0246. The van der Waals surface area contributed by atoms with Crippen molar-refractivity contribution in [1.82, 2.24) is 9.80 Å². The zero-order valence-corrected chi connectivity index (χ0v) is 17.0. The standard InChI is InChI=1S/C21H32N2O3/c1-15-7-8-18(13-16(15)2)19(24)23-11-9-17(10-12-23)14-22(6)20(25)26-21(3,4)5/h7-8,13,17H,9-12,14H2,1-6H3. The molecule has 0 N–H and O–H groups in total. The molecule has 0 bridgehead atoms. The molecule has 1 saturated heterocycles. The maximum atomic E-state index is 12.7. The van der Waals surface area contributed by atoms with E-state index in [9.17, 15) is 9.59 Å². The van der Waals surface area contributed by atoms with Crippen LogP contribution >= 0.6 is 0 Å². The quantitative estimate of drug-likeness (QED) is 0.818. The molecule has 26 heavy (non-hydrogen) atoms. The molecule has 0 aromatic heterocycles. The second kappa shape index (κ2) is 8.11. The van der Waals surface area contributed by atoms with E-state index in [0.29, 0.717) is 12.5 Å². The van der Waals surface area contributed by atoms with Crippen molar-refractivity contribution in [2.75, 3.05) is 26.7 Å². The van der Waals surface area contributed by atoms with Gasteiger partial charge in [-0.25, -0.2) is 4.79 Å². The van der Waals surface area contributed by atoms with Crippen LogP contribution in [-0.4, -0.2) is 54.1 Å². The molecule has 0 atom stereocenters. The van der Waals surface area contributed by atoms with Crippen LogP contribution in [0.4, 0.5) is 4.79 Å². The van der Waals surface area contributed by atoms with Gasteiger partial charge in [0, 0.05) is 32.2 Å². The first-order chi connectivity index (χ1) is 12.1. The van der Waals surface area contributed by atoms with Crippen molar-refractivity contribution in [2.24, 2.45) is 5.92 Å². The van der Waals surface area contributed by atoms with Gasteiger partial charge in [-0.3, -0.25) is 4.79 Å². The third-order valence-electron chi connectivity index (χ3n) is 4.89. The van der Waals surface area contributed by atoms with E-state index in [1.165, 1.54) is 5.56 Å². The second-order valence-corrected chi connectivity index (χ2v) is 8.40. The third-order valence-corrected chi connectivity index (χ3v) is 4.89. The molecule has 2 amide bonds. The molecule has 1 aliphatic rings. The third kappa shape index (κ3) is 5.48. The van der Waals surface area contributed by atoms with E-state index in [4.69, 9.17) is 4.74 Å². The topological polar surface area (TPSA) is 49.9 Å². The minimum absolute atomic E-state index is 0.104. The summed E-state index contributed by atoms with van der Waals surface area (Å²) in [6.45, 7) is 11.8. The van der Waals surface area contributed by atoms with E-state index in [1.54, 1.807) is 11.9 Å². The van der Waals surface area contributed by atoms with E-state index >= 15 is 0 Å². The fourth-order valence-electron chi connectivity index (χ4n) is 3.18. The van der Waals surface area contributed by atoms with Crippen molar-refractivity contribution in [3.05, 3.63) is 34.9 Å². The average molecular weight is 360 g/mol. The molecule has 1 fully saturated rings. The molecule has 144 valence electrons. The summed E-state index contributed by atoms with van der Waals surface area (Å²) in [5, 5.41) is 0. The van der Waals surface area contributed by atoms with Crippen LogP contribution in [0.3, 0.4) is 0 Å². The molecule has 0 saturated carbocycles. The summed E-state index contributed by atoms with van der Waals surface area (Å²) in [6.07, 6.45) is 1.53. The molecule has 5 nitrogen and oxygen atoms in total. The van der Waals surface area contributed by atoms with Gasteiger partial charge < -0.3 is 14.5 Å². The molecular weight excluding hydrogens is 328 g/mol. The number of carbonyl (C=O) groups excluding carboxylic acids is 2. The van der Waals surface area contributed by atoms with Gasteiger partial charge in [-0.2, -0.15) is 0 Å². The molecule has 1 aliphatic heterocycles. The summed E-state index contributed by atoms with van der Waals surface area (Å²) in [5.74, 6) is 0.503. The minimum atomic E-state index is -0.479. The molecule has 1 heterocycles. The van der Waals surface area contributed by atoms with Crippen molar-refractivity contribution < 1.29 is 14.3 Å². The van der Waals surface area contributed by atoms with Gasteiger partial charge in [0.25, 0.3) is 5.91 Å². The zero-order chi connectivity index (χ0) is 19.5. The van der Waals surface area contributed by atoms with Crippen molar-refractivity contribution in [3.8, 4) is 0 Å². The zero-order valence-electron chi connectivity index (χ0n) is 17.0. The number of hydrogen-bond donors (Lipinski definition) is 0. The number of hydrogen-bond acceptors (Lipinski definition) is 3. The molecule has 1 aromatic carbocycles. The van der Waals surface area contributed by atoms with Gasteiger partial charge in [0.05, 0.1) is 0 Å². The van der Waals surface area contributed by atoms with Gasteiger partial charge in [-0.05, 0) is 76.6 Å². The Bertz CT molecular complexity index is 656. The minimum Gasteiger partial charge on any atom is -0.444 e. The fraction of sp³-hybridized carbons (Fsp3) is 0.619. The number of aryl methyl sites for hydroxylation is 2. The molecule has 0 spiro atoms. The molecule has 1 aromatic rings. The van der Waals surface area contributed by atoms with E-state index < -0.39 is 5.60 Å². The fourth-order valence-corrected chi connectivity index (χ4v) is 3.18. The maximum absolute atomic E-state index is 12.7. The van der Waals surface area contributed by atoms with Gasteiger partial charge in [-0.1, -0.05) is 6.07 Å². The van der Waals surface area contributed by atoms with Gasteiger partial charge in [0.15, 0.2) is 0 Å². The number of piperidine rings is 1. The van der Waals surface area contributed by atoms with Crippen molar-refractivity contribution >= 4 is 12.0 Å². The van der Waals surface area contributed by atoms with E-state index in [2.05, 4.69) is 6.92 Å². The Morgan fingerprint density at radius 3 is 2.31 bits per heavy atom. The Morgan fingerprint density at radius 2 is 1.77 bits per heavy atom. The summed E-state index contributed by atoms with van der Waals surface area (Å²) >= 11 is 0. The number of benzene rings is 1. The number of amides is 2. The van der Waals surface area contributed by atoms with Crippen LogP contribution in [0.2, 0.25) is 0 Å². The highest BCUT2D eigenvalue weighted by atomic mass is 16.6. The van der Waals surface area contributed by atoms with Crippen molar-refractivity contribution in [3.63, 3.8) is 0 Å². The van der Waals surface area contributed by atoms with Crippen LogP contribution in [-0.2, 0) is 4.74 Å². The van der Waals surface area contributed by atoms with Crippen LogP contribution in [0.5, 0.6) is 0 Å². The number of nitrogens with zero attached hydrogens (tertiary/aromatic N) is 2. The second-order valence-electron chi connectivity index (χ2n) is 8.40. The Balaban J connectivity index is 1.85. The van der Waals surface area contributed by atoms with E-state index in [1.807, 2.05) is 50.8 Å². The lowest BCUT2D eigenvalue weighted by Gasteiger charge is -2.34. The van der Waals surface area contributed by atoms with Crippen LogP contribution in [0.15, 0.2) is 18.2 Å². The van der Waals surface area contributed by atoms with Crippen LogP contribution in [0.1, 0.15) is 55.1 Å². The first-order valence-electron chi connectivity index (χ1n) is 9.37. The Morgan fingerprint density at radius 1 is 1.15 bits per heavy atom. The monoisotopic (exact) mass is 360 g/mol. The summed E-state index contributed by atoms with van der Waals surface area (Å²) in [7, 11) is 1.78. The first kappa shape index (κ1) is 20.3. The van der Waals surface area contributed by atoms with Crippen LogP contribution in [0, 0.1) is 19.8 Å². The highest BCUT2D eigenvalue weighted by Gasteiger charge is 2.27. The SMILES string of the molecule is Cc1ccc(C(=O)N2CCC(CN(C)C(=O)OC(C)(C)C)CC2)cc1C. The van der Waals surface area contributed by atoms with E-state index in [0.717, 1.165) is 37.1 Å². The number of carbonyl (C=O) groups is 2. The van der Waals surface area contributed by atoms with E-state index in [-0.39, 0.29) is 12.0 Å². The lowest BCUT2D eigenvalue weighted by Crippen LogP contribution is -2.43. The largest absolute Gasteiger partial charge is 0.444 e. The average Bonchev–Trinajstić information content (AvgIpc) is 2.56. The Kier molecular flexibility index (Phi) is 6.32. The highest BCUT2D eigenvalue weighted by molar-refractivity contribution is 5.94. The molecule has 0 aliphatic carbocycles. The van der Waals surface area contributed by atoms with Crippen molar-refractivity contribution in [2.45, 2.75) is 53.1 Å². The molecule has 2 rings (SSSR count). The molecule has 5 heteroatoms. The normalized spacial score (nSPS) is 15.7. The lowest BCUT2D eigenvalue weighted by atomic mass is 9.95. The maximum Gasteiger partial charge on any atom is 0.410 e. The summed E-state index contributed by atoms with van der Waals surface area (Å²) in [4.78, 5) is 28.4. The smallest absolute Gasteiger partial charge is 0.410 e. The molecule has 0 radical (unpaired) electrons. The predicted molar refractivity (Wildman–Crippen MR) is 103 cm³/mol. The highest BCUT2D eigenvalue weighted by Crippen LogP contribution is 2.21.